The summed E-state index contributed by atoms with van der Waals surface area (Å²) in [5.41, 5.74) is 1.83. The fraction of sp³-hybridized carbons (Fsp3) is 0.455. The first kappa shape index (κ1) is 11.4. The highest BCUT2D eigenvalue weighted by molar-refractivity contribution is 7.89. The zero-order valence-corrected chi connectivity index (χ0v) is 10.5. The predicted molar refractivity (Wildman–Crippen MR) is 64.0 cm³/mol. The van der Waals surface area contributed by atoms with Gasteiger partial charge < -0.3 is 5.32 Å². The van der Waals surface area contributed by atoms with Crippen LogP contribution in [0.1, 0.15) is 26.3 Å². The normalized spacial score (nSPS) is 18.7. The smallest absolute Gasteiger partial charge is 0.244 e. The van der Waals surface area contributed by atoms with Gasteiger partial charge in [-0.2, -0.15) is 4.72 Å². The van der Waals surface area contributed by atoms with Crippen LogP contribution in [-0.4, -0.2) is 15.1 Å². The molecular formula is C11H16N2O2S. The van der Waals surface area contributed by atoms with Gasteiger partial charge in [0.1, 0.15) is 4.90 Å². The molecule has 0 saturated carbocycles. The predicted octanol–water partition coefficient (Wildman–Crippen LogP) is 1.65. The van der Waals surface area contributed by atoms with E-state index in [1.165, 1.54) is 0 Å². The summed E-state index contributed by atoms with van der Waals surface area (Å²) < 4.78 is 25.8. The highest BCUT2D eigenvalue weighted by Gasteiger charge is 2.24. The quantitative estimate of drug-likeness (QED) is 0.725. The highest BCUT2D eigenvalue weighted by Crippen LogP contribution is 2.30. The second-order valence-corrected chi connectivity index (χ2v) is 6.70. The molecule has 1 aliphatic rings. The van der Waals surface area contributed by atoms with Crippen LogP contribution in [0.15, 0.2) is 23.1 Å². The molecule has 1 aromatic carbocycles. The molecule has 0 radical (unpaired) electrons. The largest absolute Gasteiger partial charge is 0.370 e. The maximum atomic E-state index is 11.7. The molecule has 0 aliphatic carbocycles. The first-order valence-electron chi connectivity index (χ1n) is 5.19. The fourth-order valence-corrected chi connectivity index (χ4v) is 2.76. The van der Waals surface area contributed by atoms with Crippen LogP contribution in [-0.2, 0) is 15.4 Å². The van der Waals surface area contributed by atoms with Crippen molar-refractivity contribution in [1.29, 1.82) is 0 Å². The van der Waals surface area contributed by atoms with Gasteiger partial charge >= 0.3 is 0 Å². The molecule has 1 heterocycles. The lowest BCUT2D eigenvalue weighted by atomic mass is 9.87. The molecule has 0 fully saturated rings. The van der Waals surface area contributed by atoms with Gasteiger partial charge in [0.25, 0.3) is 0 Å². The van der Waals surface area contributed by atoms with Gasteiger partial charge in [0.2, 0.25) is 10.0 Å². The van der Waals surface area contributed by atoms with E-state index in [1.54, 1.807) is 6.07 Å². The van der Waals surface area contributed by atoms with Crippen LogP contribution in [0.25, 0.3) is 0 Å². The van der Waals surface area contributed by atoms with E-state index in [-0.39, 0.29) is 12.1 Å². The molecule has 0 bridgehead atoms. The minimum Gasteiger partial charge on any atom is -0.370 e. The third kappa shape index (κ3) is 1.92. The molecule has 88 valence electrons. The van der Waals surface area contributed by atoms with Crippen molar-refractivity contribution in [3.8, 4) is 0 Å². The Morgan fingerprint density at radius 1 is 1.25 bits per heavy atom. The number of hydrogen-bond donors (Lipinski definition) is 2. The van der Waals surface area contributed by atoms with E-state index in [0.29, 0.717) is 10.6 Å². The minimum atomic E-state index is -3.32. The van der Waals surface area contributed by atoms with E-state index in [1.807, 2.05) is 12.1 Å². The van der Waals surface area contributed by atoms with E-state index in [4.69, 9.17) is 0 Å². The number of sulfonamides is 1. The molecule has 0 amide bonds. The minimum absolute atomic E-state index is 0.0192. The van der Waals surface area contributed by atoms with E-state index in [9.17, 15) is 8.42 Å². The molecule has 0 saturated heterocycles. The van der Waals surface area contributed by atoms with Crippen molar-refractivity contribution in [3.63, 3.8) is 0 Å². The number of anilines is 1. The Hall–Kier alpha value is -1.07. The lowest BCUT2D eigenvalue weighted by molar-refractivity contribution is 0.577. The van der Waals surface area contributed by atoms with Gasteiger partial charge in [0.15, 0.2) is 0 Å². The van der Waals surface area contributed by atoms with Crippen molar-refractivity contribution < 1.29 is 8.42 Å². The summed E-state index contributed by atoms with van der Waals surface area (Å²) in [6, 6.07) is 5.43. The van der Waals surface area contributed by atoms with E-state index in [0.717, 1.165) is 5.56 Å². The first-order chi connectivity index (χ1) is 7.31. The molecule has 0 spiro atoms. The molecule has 5 heteroatoms. The SMILES string of the molecule is CC(C)(C)c1ccc2c(c1)NCNS2(=O)=O. The summed E-state index contributed by atoms with van der Waals surface area (Å²) in [6.07, 6.45) is 0. The zero-order valence-electron chi connectivity index (χ0n) is 9.66. The fourth-order valence-electron chi connectivity index (χ4n) is 1.67. The molecule has 1 aliphatic heterocycles. The second-order valence-electron chi connectivity index (χ2n) is 4.96. The molecule has 2 N–H and O–H groups in total. The molecule has 0 aromatic heterocycles. The average Bonchev–Trinajstić information content (AvgIpc) is 2.15. The zero-order chi connectivity index (χ0) is 12.0. The number of nitrogens with one attached hydrogen (secondary N) is 2. The van der Waals surface area contributed by atoms with Crippen molar-refractivity contribution in [3.05, 3.63) is 23.8 Å². The van der Waals surface area contributed by atoms with E-state index < -0.39 is 10.0 Å². The van der Waals surface area contributed by atoms with Crippen molar-refractivity contribution in [2.45, 2.75) is 31.1 Å². The van der Waals surface area contributed by atoms with Crippen LogP contribution in [0.2, 0.25) is 0 Å². The Kier molecular flexibility index (Phi) is 2.47. The van der Waals surface area contributed by atoms with Gasteiger partial charge in [-0.25, -0.2) is 8.42 Å². The Morgan fingerprint density at radius 3 is 2.56 bits per heavy atom. The molecule has 0 unspecified atom stereocenters. The molecule has 2 rings (SSSR count). The van der Waals surface area contributed by atoms with Crippen LogP contribution in [0.4, 0.5) is 5.69 Å². The van der Waals surface area contributed by atoms with Crippen LogP contribution in [0, 0.1) is 0 Å². The van der Waals surface area contributed by atoms with Gasteiger partial charge in [-0.05, 0) is 23.1 Å². The van der Waals surface area contributed by atoms with Crippen molar-refractivity contribution in [2.24, 2.45) is 0 Å². The highest BCUT2D eigenvalue weighted by atomic mass is 32.2. The van der Waals surface area contributed by atoms with E-state index in [2.05, 4.69) is 30.8 Å². The van der Waals surface area contributed by atoms with Gasteiger partial charge in [0, 0.05) is 0 Å². The first-order valence-corrected chi connectivity index (χ1v) is 6.67. The monoisotopic (exact) mass is 240 g/mol. The van der Waals surface area contributed by atoms with Gasteiger partial charge in [-0.1, -0.05) is 26.8 Å². The Morgan fingerprint density at radius 2 is 1.94 bits per heavy atom. The summed E-state index contributed by atoms with van der Waals surface area (Å²) in [5.74, 6) is 0. The number of benzene rings is 1. The molecule has 1 aromatic rings. The molecule has 4 nitrogen and oxygen atoms in total. The maximum Gasteiger partial charge on any atom is 0.244 e. The van der Waals surface area contributed by atoms with Crippen LogP contribution in [0.3, 0.4) is 0 Å². The second kappa shape index (κ2) is 3.46. The van der Waals surface area contributed by atoms with Crippen LogP contribution in [0.5, 0.6) is 0 Å². The summed E-state index contributed by atoms with van der Waals surface area (Å²) in [7, 11) is -3.32. The summed E-state index contributed by atoms with van der Waals surface area (Å²) >= 11 is 0. The maximum absolute atomic E-state index is 11.7. The lowest BCUT2D eigenvalue weighted by Gasteiger charge is -2.24. The van der Waals surface area contributed by atoms with Crippen LogP contribution < -0.4 is 10.0 Å². The third-order valence-corrected chi connectivity index (χ3v) is 4.14. The number of fused-ring (bicyclic) bond motifs is 1. The Labute approximate surface area is 96.1 Å². The van der Waals surface area contributed by atoms with Crippen molar-refractivity contribution in [1.82, 2.24) is 4.72 Å². The van der Waals surface area contributed by atoms with Crippen molar-refractivity contribution >= 4 is 15.7 Å². The van der Waals surface area contributed by atoms with Crippen molar-refractivity contribution in [2.75, 3.05) is 12.0 Å². The summed E-state index contributed by atoms with van der Waals surface area (Å²) in [5, 5.41) is 3.04. The van der Waals surface area contributed by atoms with E-state index >= 15 is 0 Å². The Bertz CT molecular complexity index is 515. The van der Waals surface area contributed by atoms with Gasteiger partial charge in [0.05, 0.1) is 12.4 Å². The average molecular weight is 240 g/mol. The molecular weight excluding hydrogens is 224 g/mol. The standard InChI is InChI=1S/C11H16N2O2S/c1-11(2,3)8-4-5-10-9(6-8)12-7-13-16(10,14)15/h4-6,12-13H,7H2,1-3H3. The van der Waals surface area contributed by atoms with Gasteiger partial charge in [-0.3, -0.25) is 0 Å². The number of rotatable bonds is 0. The molecule has 0 atom stereocenters. The Balaban J connectivity index is 2.57. The topological polar surface area (TPSA) is 58.2 Å². The third-order valence-electron chi connectivity index (χ3n) is 2.68. The summed E-state index contributed by atoms with van der Waals surface area (Å²) in [4.78, 5) is 0.326. The molecule has 16 heavy (non-hydrogen) atoms. The van der Waals surface area contributed by atoms with Crippen LogP contribution >= 0.6 is 0 Å². The lowest BCUT2D eigenvalue weighted by Crippen LogP contribution is -2.34. The summed E-state index contributed by atoms with van der Waals surface area (Å²) in [6.45, 7) is 6.56. The van der Waals surface area contributed by atoms with Gasteiger partial charge in [-0.15, -0.1) is 0 Å². The number of hydrogen-bond acceptors (Lipinski definition) is 3.